The van der Waals surface area contributed by atoms with Crippen molar-refractivity contribution in [2.24, 2.45) is 0 Å². The molecule has 6 heteroatoms. The van der Waals surface area contributed by atoms with Crippen LogP contribution in [-0.4, -0.2) is 19.9 Å². The zero-order valence-corrected chi connectivity index (χ0v) is 37.4. The van der Waals surface area contributed by atoms with Gasteiger partial charge < -0.3 is 0 Å². The van der Waals surface area contributed by atoms with Crippen molar-refractivity contribution in [3.8, 4) is 56.4 Å². The standard InChI is InChI=1S/C42H28N4.2C6H5.2Pt/c1-27-35(23-37(29-13-5-3-6-14-29)45-41(27)39-21-31-17-9-11-19-33(31)25-43-39)36-24-38(30-15-7-4-8-16-30)46-42(28(36)2)40-22-32-18-10-12-20-34(32)26-44-40;2*1-2-4-6-5-3-1;;/h3-13,15,17-26H,1-2H3;2*1-5H;;/q-2;2*-1;2*+2. The zero-order valence-electron chi connectivity index (χ0n) is 32.9. The van der Waals surface area contributed by atoms with Gasteiger partial charge in [0, 0.05) is 23.2 Å². The topological polar surface area (TPSA) is 51.6 Å². The molecule has 10 aromatic rings. The van der Waals surface area contributed by atoms with E-state index in [1.807, 2.05) is 134 Å². The normalized spacial score (nSPS) is 10.2. The minimum Gasteiger partial charge on any atom is -0.294 e. The molecule has 0 fully saturated rings. The third-order valence-electron chi connectivity index (χ3n) is 9.77. The first-order chi connectivity index (χ1) is 28.6. The predicted octanol–water partition coefficient (Wildman–Crippen LogP) is 13.1. The summed E-state index contributed by atoms with van der Waals surface area (Å²) in [5, 5.41) is 4.44. The molecule has 294 valence electrons. The molecule has 0 spiro atoms. The number of hydrogen-bond donors (Lipinski definition) is 0. The van der Waals surface area contributed by atoms with E-state index < -0.39 is 0 Å². The molecule has 0 saturated heterocycles. The van der Waals surface area contributed by atoms with Crippen LogP contribution in [0, 0.1) is 38.1 Å². The average molecular weight is 1130 g/mol. The van der Waals surface area contributed by atoms with E-state index in [4.69, 9.17) is 19.9 Å². The van der Waals surface area contributed by atoms with Gasteiger partial charge in [-0.25, -0.2) is 0 Å². The van der Waals surface area contributed by atoms with Gasteiger partial charge in [0.05, 0.1) is 22.8 Å². The SMILES string of the molecule is Cc1c(-c2cc(-c3[c-]cccc3)nc(-c3cc4ccccc4cn3)c2C)cc(-c2[c-]cccc2)nc1-c1cc2ccccc2cn1.[Pt+2].[Pt+2].[c-]1ccccc1.[c-]1ccccc1. The summed E-state index contributed by atoms with van der Waals surface area (Å²) in [6, 6.07) is 72.9. The maximum Gasteiger partial charge on any atom is 2.00 e. The van der Waals surface area contributed by atoms with Gasteiger partial charge in [0.25, 0.3) is 0 Å². The molecular weight excluding hydrogens is 1090 g/mol. The van der Waals surface area contributed by atoms with E-state index in [1.54, 1.807) is 0 Å². The van der Waals surface area contributed by atoms with Crippen LogP contribution >= 0.6 is 0 Å². The predicted molar refractivity (Wildman–Crippen MR) is 238 cm³/mol. The average Bonchev–Trinajstić information content (AvgIpc) is 3.31. The number of hydrogen-bond acceptors (Lipinski definition) is 4. The van der Waals surface area contributed by atoms with Crippen LogP contribution in [0.25, 0.3) is 78.0 Å². The molecule has 0 bridgehead atoms. The number of pyridine rings is 4. The van der Waals surface area contributed by atoms with E-state index in [0.717, 1.165) is 89.1 Å². The van der Waals surface area contributed by atoms with Gasteiger partial charge in [-0.3, -0.25) is 19.9 Å². The van der Waals surface area contributed by atoms with Crippen molar-refractivity contribution in [3.63, 3.8) is 0 Å². The van der Waals surface area contributed by atoms with Gasteiger partial charge in [-0.2, -0.15) is 72.8 Å². The summed E-state index contributed by atoms with van der Waals surface area (Å²) in [6.45, 7) is 4.27. The fourth-order valence-corrected chi connectivity index (χ4v) is 6.77. The summed E-state index contributed by atoms with van der Waals surface area (Å²) >= 11 is 0. The number of fused-ring (bicyclic) bond motifs is 2. The minimum atomic E-state index is 0. The quantitative estimate of drug-likeness (QED) is 0.161. The fourth-order valence-electron chi connectivity index (χ4n) is 6.77. The van der Waals surface area contributed by atoms with Crippen LogP contribution in [0.1, 0.15) is 11.1 Å². The second-order valence-electron chi connectivity index (χ2n) is 13.6. The number of aromatic nitrogens is 4. The van der Waals surface area contributed by atoms with Crippen LogP contribution in [-0.2, 0) is 42.1 Å². The molecule has 10 rings (SSSR count). The van der Waals surface area contributed by atoms with Crippen molar-refractivity contribution in [3.05, 3.63) is 230 Å². The summed E-state index contributed by atoms with van der Waals surface area (Å²) in [5.74, 6) is 0. The smallest absolute Gasteiger partial charge is 0.294 e. The van der Waals surface area contributed by atoms with Gasteiger partial charge in [0.15, 0.2) is 0 Å². The van der Waals surface area contributed by atoms with Gasteiger partial charge in [0.2, 0.25) is 0 Å². The Morgan fingerprint density at radius 3 is 1.07 bits per heavy atom. The molecule has 0 radical (unpaired) electrons. The van der Waals surface area contributed by atoms with E-state index in [2.05, 4.69) is 98.8 Å². The first-order valence-electron chi connectivity index (χ1n) is 19.1. The Hall–Kier alpha value is -6.18. The van der Waals surface area contributed by atoms with Crippen molar-refractivity contribution in [1.82, 2.24) is 19.9 Å². The molecule has 4 nitrogen and oxygen atoms in total. The van der Waals surface area contributed by atoms with Crippen molar-refractivity contribution >= 4 is 21.5 Å². The fraction of sp³-hybridized carbons (Fsp3) is 0.0370. The van der Waals surface area contributed by atoms with Crippen molar-refractivity contribution in [2.75, 3.05) is 0 Å². The number of rotatable bonds is 5. The summed E-state index contributed by atoms with van der Waals surface area (Å²) in [4.78, 5) is 20.2. The molecule has 6 aromatic carbocycles. The van der Waals surface area contributed by atoms with E-state index >= 15 is 0 Å². The van der Waals surface area contributed by atoms with Crippen LogP contribution < -0.4 is 0 Å². The first kappa shape index (κ1) is 43.4. The Bertz CT molecular complexity index is 2650. The Morgan fingerprint density at radius 1 is 0.367 bits per heavy atom. The van der Waals surface area contributed by atoms with Gasteiger partial charge >= 0.3 is 42.1 Å². The van der Waals surface area contributed by atoms with Crippen LogP contribution in [0.3, 0.4) is 0 Å². The third kappa shape index (κ3) is 10.3. The second-order valence-corrected chi connectivity index (χ2v) is 13.6. The molecule has 0 aliphatic rings. The van der Waals surface area contributed by atoms with Gasteiger partial charge in [-0.1, -0.05) is 60.7 Å². The maximum atomic E-state index is 5.20. The third-order valence-corrected chi connectivity index (χ3v) is 9.77. The van der Waals surface area contributed by atoms with Crippen molar-refractivity contribution in [1.29, 1.82) is 0 Å². The van der Waals surface area contributed by atoms with Gasteiger partial charge in [-0.15, -0.1) is 71.8 Å². The number of nitrogens with zero attached hydrogens (tertiary/aromatic N) is 4. The van der Waals surface area contributed by atoms with Crippen LogP contribution in [0.15, 0.2) is 194 Å². The van der Waals surface area contributed by atoms with Crippen molar-refractivity contribution in [2.45, 2.75) is 13.8 Å². The van der Waals surface area contributed by atoms with Gasteiger partial charge in [-0.05, 0) is 70.4 Å². The van der Waals surface area contributed by atoms with Crippen LogP contribution in [0.5, 0.6) is 0 Å². The molecule has 0 atom stereocenters. The van der Waals surface area contributed by atoms with E-state index in [-0.39, 0.29) is 42.1 Å². The molecule has 4 heterocycles. The van der Waals surface area contributed by atoms with E-state index in [1.165, 1.54) is 0 Å². The molecular formula is C54H38N4Pt2. The first-order valence-corrected chi connectivity index (χ1v) is 19.1. The summed E-state index contributed by atoms with van der Waals surface area (Å²) < 4.78 is 0. The Morgan fingerprint density at radius 2 is 0.733 bits per heavy atom. The van der Waals surface area contributed by atoms with E-state index in [0.29, 0.717) is 0 Å². The van der Waals surface area contributed by atoms with E-state index in [9.17, 15) is 0 Å². The molecule has 0 unspecified atom stereocenters. The Labute approximate surface area is 381 Å². The molecule has 0 aliphatic carbocycles. The second kappa shape index (κ2) is 21.2. The number of benzene rings is 6. The van der Waals surface area contributed by atoms with Crippen LogP contribution in [0.4, 0.5) is 0 Å². The molecule has 0 aliphatic heterocycles. The molecule has 0 N–H and O–H groups in total. The Kier molecular flexibility index (Phi) is 15.3. The molecule has 60 heavy (non-hydrogen) atoms. The molecule has 0 saturated carbocycles. The summed E-state index contributed by atoms with van der Waals surface area (Å²) in [5.41, 5.74) is 11.0. The maximum absolute atomic E-state index is 5.20. The van der Waals surface area contributed by atoms with Crippen LogP contribution in [0.2, 0.25) is 0 Å². The molecule has 0 amide bonds. The monoisotopic (exact) mass is 1130 g/mol. The molecule has 4 aromatic heterocycles. The zero-order chi connectivity index (χ0) is 39.5. The summed E-state index contributed by atoms with van der Waals surface area (Å²) in [7, 11) is 0. The Balaban J connectivity index is 0.000000372. The van der Waals surface area contributed by atoms with Gasteiger partial charge in [0.1, 0.15) is 0 Å². The van der Waals surface area contributed by atoms with Crippen molar-refractivity contribution < 1.29 is 42.1 Å². The largest absolute Gasteiger partial charge is 2.00 e. The summed E-state index contributed by atoms with van der Waals surface area (Å²) in [6.07, 6.45) is 3.86. The minimum absolute atomic E-state index is 0.